The van der Waals surface area contributed by atoms with Crippen molar-refractivity contribution >= 4 is 29.4 Å². The molecule has 0 spiro atoms. The average Bonchev–Trinajstić information content (AvgIpc) is 3.09. The van der Waals surface area contributed by atoms with E-state index in [4.69, 9.17) is 11.6 Å². The molecule has 144 valence electrons. The summed E-state index contributed by atoms with van der Waals surface area (Å²) in [5, 5.41) is 7.62. The molecule has 3 aromatic rings. The van der Waals surface area contributed by atoms with E-state index in [-0.39, 0.29) is 11.7 Å². The second kappa shape index (κ2) is 9.14. The molecule has 2 aromatic carbocycles. The number of aromatic nitrogens is 2. The fraction of sp³-hybridized carbons (Fsp3) is 0.100. The number of alkyl halides is 2. The van der Waals surface area contributed by atoms with Gasteiger partial charge in [0.25, 0.3) is 0 Å². The Bertz CT molecular complexity index is 954. The monoisotopic (exact) mass is 403 g/mol. The summed E-state index contributed by atoms with van der Waals surface area (Å²) in [5.41, 5.74) is 1.70. The normalized spacial score (nSPS) is 11.1. The van der Waals surface area contributed by atoms with E-state index in [2.05, 4.69) is 15.2 Å². The largest absolute Gasteiger partial charge is 0.435 e. The second-order valence-electron chi connectivity index (χ2n) is 5.80. The lowest BCUT2D eigenvalue weighted by atomic mass is 10.2. The Kier molecular flexibility index (Phi) is 6.39. The Morgan fingerprint density at radius 3 is 2.54 bits per heavy atom. The Hall–Kier alpha value is -3.19. The molecule has 0 aliphatic carbocycles. The highest BCUT2D eigenvalue weighted by Gasteiger charge is 2.05. The van der Waals surface area contributed by atoms with Crippen LogP contribution in [0.5, 0.6) is 5.75 Å². The molecular formula is C20H16ClF2N3O2. The first kappa shape index (κ1) is 19.6. The van der Waals surface area contributed by atoms with Crippen LogP contribution < -0.4 is 10.1 Å². The van der Waals surface area contributed by atoms with Gasteiger partial charge in [0.15, 0.2) is 5.82 Å². The summed E-state index contributed by atoms with van der Waals surface area (Å²) >= 11 is 5.86. The van der Waals surface area contributed by atoms with Crippen molar-refractivity contribution in [2.45, 2.75) is 13.2 Å². The maximum atomic E-state index is 12.1. The summed E-state index contributed by atoms with van der Waals surface area (Å²) in [6.45, 7) is -2.32. The molecule has 0 atom stereocenters. The van der Waals surface area contributed by atoms with Crippen molar-refractivity contribution < 1.29 is 18.3 Å². The molecule has 0 radical (unpaired) electrons. The number of anilines is 1. The third-order valence-corrected chi connectivity index (χ3v) is 3.93. The molecule has 0 aliphatic heterocycles. The number of carbonyl (C=O) groups is 1. The van der Waals surface area contributed by atoms with Gasteiger partial charge in [-0.05, 0) is 41.5 Å². The van der Waals surface area contributed by atoms with Crippen LogP contribution >= 0.6 is 11.6 Å². The lowest BCUT2D eigenvalue weighted by Gasteiger charge is -2.03. The topological polar surface area (TPSA) is 56.1 Å². The molecule has 28 heavy (non-hydrogen) atoms. The molecule has 0 unspecified atom stereocenters. The minimum atomic E-state index is -2.87. The van der Waals surface area contributed by atoms with Crippen LogP contribution in [-0.4, -0.2) is 22.3 Å². The Morgan fingerprint density at radius 1 is 1.14 bits per heavy atom. The van der Waals surface area contributed by atoms with Crippen LogP contribution in [0.25, 0.3) is 6.08 Å². The lowest BCUT2D eigenvalue weighted by Crippen LogP contribution is -2.09. The summed E-state index contributed by atoms with van der Waals surface area (Å²) in [5.74, 6) is 0.122. The van der Waals surface area contributed by atoms with Crippen molar-refractivity contribution in [2.75, 3.05) is 5.32 Å². The fourth-order valence-corrected chi connectivity index (χ4v) is 2.52. The molecular weight excluding hydrogens is 388 g/mol. The van der Waals surface area contributed by atoms with Crippen LogP contribution in [-0.2, 0) is 11.3 Å². The standard InChI is InChI=1S/C20H16ClF2N3O2/c21-16-6-1-15(2-7-16)13-26-12-11-18(25-26)24-19(27)10-5-14-3-8-17(9-4-14)28-20(22)23/h1-12,20H,13H2,(H,24,25,27)/b10-5-. The molecule has 0 aliphatic rings. The number of nitrogens with zero attached hydrogens (tertiary/aromatic N) is 2. The molecule has 0 saturated heterocycles. The molecule has 0 bridgehead atoms. The van der Waals surface area contributed by atoms with Crippen LogP contribution in [0.2, 0.25) is 5.02 Å². The number of ether oxygens (including phenoxy) is 1. The predicted octanol–water partition coefficient (Wildman–Crippen LogP) is 4.84. The Balaban J connectivity index is 1.54. The highest BCUT2D eigenvalue weighted by Crippen LogP contribution is 2.16. The number of benzene rings is 2. The number of halogens is 3. The van der Waals surface area contributed by atoms with Gasteiger partial charge in [0.05, 0.1) is 6.54 Å². The van der Waals surface area contributed by atoms with Crippen molar-refractivity contribution in [1.82, 2.24) is 9.78 Å². The first-order valence-electron chi connectivity index (χ1n) is 8.30. The predicted molar refractivity (Wildman–Crippen MR) is 104 cm³/mol. The van der Waals surface area contributed by atoms with Gasteiger partial charge in [0.2, 0.25) is 5.91 Å². The second-order valence-corrected chi connectivity index (χ2v) is 6.23. The number of hydrogen-bond donors (Lipinski definition) is 1. The summed E-state index contributed by atoms with van der Waals surface area (Å²) < 4.78 is 30.2. The summed E-state index contributed by atoms with van der Waals surface area (Å²) in [7, 11) is 0. The van der Waals surface area contributed by atoms with E-state index in [9.17, 15) is 13.6 Å². The van der Waals surface area contributed by atoms with Crippen LogP contribution in [0.3, 0.4) is 0 Å². The number of hydrogen-bond acceptors (Lipinski definition) is 3. The lowest BCUT2D eigenvalue weighted by molar-refractivity contribution is -0.111. The summed E-state index contributed by atoms with van der Waals surface area (Å²) in [6, 6.07) is 15.1. The van der Waals surface area contributed by atoms with Gasteiger partial charge in [0, 0.05) is 23.4 Å². The molecule has 1 amide bonds. The third kappa shape index (κ3) is 5.92. The van der Waals surface area contributed by atoms with Gasteiger partial charge < -0.3 is 10.1 Å². The van der Waals surface area contributed by atoms with Gasteiger partial charge in [-0.3, -0.25) is 9.48 Å². The van der Waals surface area contributed by atoms with E-state index < -0.39 is 6.61 Å². The first-order valence-corrected chi connectivity index (χ1v) is 8.67. The minimum absolute atomic E-state index is 0.0582. The third-order valence-electron chi connectivity index (χ3n) is 3.68. The molecule has 1 aromatic heterocycles. The molecule has 1 heterocycles. The zero-order valence-corrected chi connectivity index (χ0v) is 15.3. The van der Waals surface area contributed by atoms with Crippen molar-refractivity contribution in [3.05, 3.63) is 83.0 Å². The van der Waals surface area contributed by atoms with Crippen LogP contribution in [0.4, 0.5) is 14.6 Å². The van der Waals surface area contributed by atoms with E-state index in [0.29, 0.717) is 22.9 Å². The Labute approximate surface area is 165 Å². The van der Waals surface area contributed by atoms with Crippen molar-refractivity contribution in [3.63, 3.8) is 0 Å². The number of carbonyl (C=O) groups excluding carboxylic acids is 1. The van der Waals surface area contributed by atoms with E-state index in [1.807, 2.05) is 12.1 Å². The van der Waals surface area contributed by atoms with Crippen LogP contribution in [0, 0.1) is 0 Å². The molecule has 8 heteroatoms. The summed E-state index contributed by atoms with van der Waals surface area (Å²) in [6.07, 6.45) is 4.66. The van der Waals surface area contributed by atoms with Crippen molar-refractivity contribution in [3.8, 4) is 5.75 Å². The van der Waals surface area contributed by atoms with Gasteiger partial charge in [-0.25, -0.2) is 0 Å². The maximum Gasteiger partial charge on any atom is 0.387 e. The first-order chi connectivity index (χ1) is 13.5. The zero-order chi connectivity index (χ0) is 19.9. The SMILES string of the molecule is O=C(/C=C\c1ccc(OC(F)F)cc1)Nc1ccn(Cc2ccc(Cl)cc2)n1. The van der Waals surface area contributed by atoms with Gasteiger partial charge in [-0.15, -0.1) is 0 Å². The number of amides is 1. The van der Waals surface area contributed by atoms with Crippen molar-refractivity contribution in [2.24, 2.45) is 0 Å². The van der Waals surface area contributed by atoms with Crippen LogP contribution in [0.15, 0.2) is 66.9 Å². The molecule has 1 N–H and O–H groups in total. The van der Waals surface area contributed by atoms with Gasteiger partial charge >= 0.3 is 6.61 Å². The number of nitrogens with one attached hydrogen (secondary N) is 1. The minimum Gasteiger partial charge on any atom is -0.435 e. The molecule has 5 nitrogen and oxygen atoms in total. The van der Waals surface area contributed by atoms with E-state index in [1.54, 1.807) is 47.3 Å². The highest BCUT2D eigenvalue weighted by atomic mass is 35.5. The quantitative estimate of drug-likeness (QED) is 0.574. The molecule has 0 fully saturated rings. The van der Waals surface area contributed by atoms with E-state index >= 15 is 0 Å². The zero-order valence-electron chi connectivity index (χ0n) is 14.6. The molecule has 0 saturated carbocycles. The number of rotatable bonds is 7. The highest BCUT2D eigenvalue weighted by molar-refractivity contribution is 6.30. The summed E-state index contributed by atoms with van der Waals surface area (Å²) in [4.78, 5) is 12.0. The van der Waals surface area contributed by atoms with Gasteiger partial charge in [-0.2, -0.15) is 13.9 Å². The average molecular weight is 404 g/mol. The molecule has 3 rings (SSSR count). The smallest absolute Gasteiger partial charge is 0.387 e. The Morgan fingerprint density at radius 2 is 1.86 bits per heavy atom. The van der Waals surface area contributed by atoms with Gasteiger partial charge in [-0.1, -0.05) is 35.9 Å². The van der Waals surface area contributed by atoms with E-state index in [1.165, 1.54) is 18.2 Å². The van der Waals surface area contributed by atoms with Crippen LogP contribution in [0.1, 0.15) is 11.1 Å². The fourth-order valence-electron chi connectivity index (χ4n) is 2.39. The maximum absolute atomic E-state index is 12.1. The van der Waals surface area contributed by atoms with Gasteiger partial charge in [0.1, 0.15) is 5.75 Å². The van der Waals surface area contributed by atoms with Crippen molar-refractivity contribution in [1.29, 1.82) is 0 Å². The van der Waals surface area contributed by atoms with E-state index in [0.717, 1.165) is 5.56 Å².